The summed E-state index contributed by atoms with van der Waals surface area (Å²) in [6.45, 7) is 0.488. The summed E-state index contributed by atoms with van der Waals surface area (Å²) in [5.74, 6) is 0.0440. The van der Waals surface area contributed by atoms with Gasteiger partial charge in [-0.25, -0.2) is 4.79 Å². The van der Waals surface area contributed by atoms with E-state index in [1.807, 2.05) is 42.5 Å². The summed E-state index contributed by atoms with van der Waals surface area (Å²) in [6.07, 6.45) is 1.13. The van der Waals surface area contributed by atoms with Gasteiger partial charge < -0.3 is 16.0 Å². The second-order valence-corrected chi connectivity index (χ2v) is 5.16. The van der Waals surface area contributed by atoms with Crippen molar-refractivity contribution in [3.8, 4) is 0 Å². The third-order valence-corrected chi connectivity index (χ3v) is 3.64. The van der Waals surface area contributed by atoms with Gasteiger partial charge in [-0.05, 0) is 17.9 Å². The fourth-order valence-corrected chi connectivity index (χ4v) is 2.53. The molecule has 21 heavy (non-hydrogen) atoms. The molecule has 1 saturated heterocycles. The zero-order chi connectivity index (χ0) is 14.7. The first-order chi connectivity index (χ1) is 10.2. The van der Waals surface area contributed by atoms with E-state index in [2.05, 4.69) is 16.0 Å². The van der Waals surface area contributed by atoms with Crippen LogP contribution in [0.3, 0.4) is 0 Å². The highest BCUT2D eigenvalue weighted by Crippen LogP contribution is 2.22. The third kappa shape index (κ3) is 3.13. The molecule has 3 rings (SSSR count). The van der Waals surface area contributed by atoms with Crippen molar-refractivity contribution in [2.75, 3.05) is 11.9 Å². The standard InChI is InChI=1S/C16H17N3O2/c20-15-9-8-12(10-17-15)18-16(21)19-14-7-3-5-11-4-1-2-6-13(11)14/h1-7,12H,8-10H2,(H,17,20)(H2,18,19,21)/t12-/m0/s1. The molecule has 0 aromatic heterocycles. The Balaban J connectivity index is 1.67. The van der Waals surface area contributed by atoms with Gasteiger partial charge in [-0.1, -0.05) is 36.4 Å². The van der Waals surface area contributed by atoms with Crippen molar-refractivity contribution in [3.05, 3.63) is 42.5 Å². The summed E-state index contributed by atoms with van der Waals surface area (Å²) in [5.41, 5.74) is 0.783. The quantitative estimate of drug-likeness (QED) is 0.791. The molecule has 1 heterocycles. The smallest absolute Gasteiger partial charge is 0.319 e. The van der Waals surface area contributed by atoms with Gasteiger partial charge in [0.2, 0.25) is 5.91 Å². The van der Waals surface area contributed by atoms with Crippen LogP contribution in [0.25, 0.3) is 10.8 Å². The molecule has 5 nitrogen and oxygen atoms in total. The monoisotopic (exact) mass is 283 g/mol. The minimum absolute atomic E-state index is 0.0160. The van der Waals surface area contributed by atoms with E-state index in [-0.39, 0.29) is 18.0 Å². The maximum Gasteiger partial charge on any atom is 0.319 e. The predicted molar refractivity (Wildman–Crippen MR) is 82.1 cm³/mol. The van der Waals surface area contributed by atoms with Gasteiger partial charge in [0.1, 0.15) is 0 Å². The zero-order valence-electron chi connectivity index (χ0n) is 11.6. The number of carbonyl (C=O) groups excluding carboxylic acids is 2. The SMILES string of the molecule is O=C1CC[C@H](NC(=O)Nc2cccc3ccccc23)CN1. The molecule has 3 N–H and O–H groups in total. The van der Waals surface area contributed by atoms with E-state index in [9.17, 15) is 9.59 Å². The van der Waals surface area contributed by atoms with Crippen LogP contribution in [0, 0.1) is 0 Å². The Bertz CT molecular complexity index is 669. The molecule has 0 saturated carbocycles. The van der Waals surface area contributed by atoms with Crippen LogP contribution >= 0.6 is 0 Å². The lowest BCUT2D eigenvalue weighted by Crippen LogP contribution is -2.48. The molecule has 2 aromatic carbocycles. The van der Waals surface area contributed by atoms with Gasteiger partial charge in [0.05, 0.1) is 5.69 Å². The Kier molecular flexibility index (Phi) is 3.73. The molecule has 3 amide bonds. The summed E-state index contributed by atoms with van der Waals surface area (Å²) < 4.78 is 0. The van der Waals surface area contributed by atoms with E-state index in [0.29, 0.717) is 19.4 Å². The third-order valence-electron chi connectivity index (χ3n) is 3.64. The number of benzene rings is 2. The highest BCUT2D eigenvalue weighted by atomic mass is 16.2. The van der Waals surface area contributed by atoms with E-state index in [1.54, 1.807) is 0 Å². The van der Waals surface area contributed by atoms with E-state index in [1.165, 1.54) is 0 Å². The number of nitrogens with one attached hydrogen (secondary N) is 3. The van der Waals surface area contributed by atoms with Gasteiger partial charge in [0.25, 0.3) is 0 Å². The van der Waals surface area contributed by atoms with Crippen LogP contribution < -0.4 is 16.0 Å². The van der Waals surface area contributed by atoms with Crippen molar-refractivity contribution in [2.45, 2.75) is 18.9 Å². The van der Waals surface area contributed by atoms with E-state index in [0.717, 1.165) is 16.5 Å². The molecule has 108 valence electrons. The number of urea groups is 1. The Morgan fingerprint density at radius 2 is 1.95 bits per heavy atom. The van der Waals surface area contributed by atoms with Crippen LogP contribution in [0.15, 0.2) is 42.5 Å². The van der Waals surface area contributed by atoms with E-state index >= 15 is 0 Å². The fourth-order valence-electron chi connectivity index (χ4n) is 2.53. The van der Waals surface area contributed by atoms with Crippen molar-refractivity contribution in [2.24, 2.45) is 0 Å². The van der Waals surface area contributed by atoms with Crippen LogP contribution in [0.5, 0.6) is 0 Å². The second-order valence-electron chi connectivity index (χ2n) is 5.16. The number of rotatable bonds is 2. The first-order valence-electron chi connectivity index (χ1n) is 7.04. The van der Waals surface area contributed by atoms with Gasteiger partial charge in [-0.15, -0.1) is 0 Å². The maximum absolute atomic E-state index is 12.1. The average Bonchev–Trinajstić information content (AvgIpc) is 2.50. The molecule has 5 heteroatoms. The summed E-state index contributed by atoms with van der Waals surface area (Å²) in [6, 6.07) is 13.4. The van der Waals surface area contributed by atoms with Gasteiger partial charge in [0, 0.05) is 24.4 Å². The minimum atomic E-state index is -0.243. The van der Waals surface area contributed by atoms with E-state index in [4.69, 9.17) is 0 Å². The lowest BCUT2D eigenvalue weighted by Gasteiger charge is -2.23. The van der Waals surface area contributed by atoms with Gasteiger partial charge in [-0.3, -0.25) is 4.79 Å². The number of anilines is 1. The molecule has 0 unspecified atom stereocenters. The van der Waals surface area contributed by atoms with Gasteiger partial charge in [0.15, 0.2) is 0 Å². The molecule has 0 aliphatic carbocycles. The topological polar surface area (TPSA) is 70.2 Å². The normalized spacial score (nSPS) is 18.1. The summed E-state index contributed by atoms with van der Waals surface area (Å²) >= 11 is 0. The molecule has 1 aliphatic heterocycles. The highest BCUT2D eigenvalue weighted by molar-refractivity contribution is 6.01. The number of hydrogen-bond donors (Lipinski definition) is 3. The van der Waals surface area contributed by atoms with Crippen LogP contribution in [0.1, 0.15) is 12.8 Å². The molecule has 0 bridgehead atoms. The Morgan fingerprint density at radius 1 is 1.14 bits per heavy atom. The molecule has 1 atom stereocenters. The lowest BCUT2D eigenvalue weighted by atomic mass is 10.1. The number of piperidine rings is 1. The van der Waals surface area contributed by atoms with Gasteiger partial charge in [-0.2, -0.15) is 0 Å². The second kappa shape index (κ2) is 5.83. The maximum atomic E-state index is 12.1. The van der Waals surface area contributed by atoms with Crippen molar-refractivity contribution in [1.29, 1.82) is 0 Å². The van der Waals surface area contributed by atoms with Crippen molar-refractivity contribution < 1.29 is 9.59 Å². The van der Waals surface area contributed by atoms with Crippen molar-refractivity contribution >= 4 is 28.4 Å². The molecular weight excluding hydrogens is 266 g/mol. The molecule has 2 aromatic rings. The predicted octanol–water partition coefficient (Wildman–Crippen LogP) is 2.24. The summed E-state index contributed by atoms with van der Waals surface area (Å²) in [7, 11) is 0. The van der Waals surface area contributed by atoms with Gasteiger partial charge >= 0.3 is 6.03 Å². The molecule has 0 radical (unpaired) electrons. The zero-order valence-corrected chi connectivity index (χ0v) is 11.6. The molecule has 0 spiro atoms. The Labute approximate surface area is 122 Å². The lowest BCUT2D eigenvalue weighted by molar-refractivity contribution is -0.122. The highest BCUT2D eigenvalue weighted by Gasteiger charge is 2.19. The first kappa shape index (κ1) is 13.4. The Morgan fingerprint density at radius 3 is 2.76 bits per heavy atom. The molecule has 1 fully saturated rings. The number of carbonyl (C=O) groups is 2. The fraction of sp³-hybridized carbons (Fsp3) is 0.250. The minimum Gasteiger partial charge on any atom is -0.354 e. The van der Waals surface area contributed by atoms with Crippen LogP contribution in [-0.2, 0) is 4.79 Å². The van der Waals surface area contributed by atoms with Crippen molar-refractivity contribution in [1.82, 2.24) is 10.6 Å². The number of amides is 3. The average molecular weight is 283 g/mol. The summed E-state index contributed by atoms with van der Waals surface area (Å²) in [5, 5.41) is 10.6. The Hall–Kier alpha value is -2.56. The van der Waals surface area contributed by atoms with Crippen LogP contribution in [0.4, 0.5) is 10.5 Å². The largest absolute Gasteiger partial charge is 0.354 e. The number of fused-ring (bicyclic) bond motifs is 1. The van der Waals surface area contributed by atoms with Crippen LogP contribution in [-0.4, -0.2) is 24.5 Å². The summed E-state index contributed by atoms with van der Waals surface area (Å²) in [4.78, 5) is 23.2. The van der Waals surface area contributed by atoms with Crippen LogP contribution in [0.2, 0.25) is 0 Å². The molecular formula is C16H17N3O2. The van der Waals surface area contributed by atoms with Crippen molar-refractivity contribution in [3.63, 3.8) is 0 Å². The molecule has 1 aliphatic rings. The first-order valence-corrected chi connectivity index (χ1v) is 7.04. The van der Waals surface area contributed by atoms with E-state index < -0.39 is 0 Å². The number of hydrogen-bond acceptors (Lipinski definition) is 2.